The van der Waals surface area contributed by atoms with Crippen LogP contribution in [0.25, 0.3) is 11.1 Å². The number of carboxylic acid groups (broad SMARTS) is 1. The van der Waals surface area contributed by atoms with Crippen LogP contribution < -0.4 is 5.32 Å². The molecule has 0 atom stereocenters. The maximum atomic E-state index is 12.3. The highest BCUT2D eigenvalue weighted by atomic mass is 16.4. The monoisotopic (exact) mass is 345 g/mol. The van der Waals surface area contributed by atoms with E-state index in [1.54, 1.807) is 36.4 Å². The van der Waals surface area contributed by atoms with Gasteiger partial charge in [0.1, 0.15) is 6.29 Å². The maximum absolute atomic E-state index is 12.3. The average molecular weight is 345 g/mol. The minimum absolute atomic E-state index is 0.160. The molecule has 0 fully saturated rings. The largest absolute Gasteiger partial charge is 0.478 e. The van der Waals surface area contributed by atoms with Gasteiger partial charge in [0.2, 0.25) is 0 Å². The van der Waals surface area contributed by atoms with Crippen molar-refractivity contribution in [2.45, 2.75) is 0 Å². The zero-order chi connectivity index (χ0) is 18.5. The van der Waals surface area contributed by atoms with Crippen LogP contribution in [0.4, 0.5) is 5.69 Å². The standard InChI is InChI=1S/C21H15NO4/c23-13-14-1-3-15(4-2-14)16-5-7-17(8-6-16)20(24)22-19-11-9-18(10-12-19)21(25)26/h1-13H,(H,22,24)(H,25,26). The highest BCUT2D eigenvalue weighted by Crippen LogP contribution is 2.20. The second-order valence-electron chi connectivity index (χ2n) is 5.65. The summed E-state index contributed by atoms with van der Waals surface area (Å²) in [7, 11) is 0. The molecular formula is C21H15NO4. The lowest BCUT2D eigenvalue weighted by Gasteiger charge is -2.07. The van der Waals surface area contributed by atoms with E-state index in [0.717, 1.165) is 17.4 Å². The summed E-state index contributed by atoms with van der Waals surface area (Å²) in [5.41, 5.74) is 3.66. The first kappa shape index (κ1) is 17.1. The molecule has 0 aliphatic rings. The Kier molecular flexibility index (Phi) is 4.90. The molecule has 5 nitrogen and oxygen atoms in total. The third-order valence-corrected chi connectivity index (χ3v) is 3.92. The number of benzene rings is 3. The molecule has 128 valence electrons. The molecule has 0 bridgehead atoms. The van der Waals surface area contributed by atoms with Crippen molar-refractivity contribution in [3.05, 3.63) is 89.5 Å². The van der Waals surface area contributed by atoms with Gasteiger partial charge < -0.3 is 10.4 Å². The van der Waals surface area contributed by atoms with E-state index >= 15 is 0 Å². The van der Waals surface area contributed by atoms with E-state index in [-0.39, 0.29) is 11.5 Å². The van der Waals surface area contributed by atoms with E-state index in [9.17, 15) is 14.4 Å². The first-order valence-corrected chi connectivity index (χ1v) is 7.87. The molecule has 3 aromatic carbocycles. The highest BCUT2D eigenvalue weighted by molar-refractivity contribution is 6.04. The molecule has 0 aliphatic carbocycles. The van der Waals surface area contributed by atoms with Crippen LogP contribution in [0.15, 0.2) is 72.8 Å². The number of nitrogens with one attached hydrogen (secondary N) is 1. The lowest BCUT2D eigenvalue weighted by Crippen LogP contribution is -2.11. The number of hydrogen-bond acceptors (Lipinski definition) is 3. The summed E-state index contributed by atoms with van der Waals surface area (Å²) < 4.78 is 0. The van der Waals surface area contributed by atoms with E-state index < -0.39 is 5.97 Å². The Balaban J connectivity index is 1.71. The minimum Gasteiger partial charge on any atom is -0.478 e. The number of carboxylic acids is 1. The van der Waals surface area contributed by atoms with Crippen LogP contribution in [0.2, 0.25) is 0 Å². The molecule has 0 radical (unpaired) electrons. The number of anilines is 1. The zero-order valence-corrected chi connectivity index (χ0v) is 13.7. The Bertz CT molecular complexity index is 943. The van der Waals surface area contributed by atoms with Crippen molar-refractivity contribution < 1.29 is 19.5 Å². The van der Waals surface area contributed by atoms with Crippen molar-refractivity contribution in [3.63, 3.8) is 0 Å². The number of carbonyl (C=O) groups is 3. The van der Waals surface area contributed by atoms with Crippen molar-refractivity contribution in [3.8, 4) is 11.1 Å². The van der Waals surface area contributed by atoms with Crippen molar-refractivity contribution >= 4 is 23.9 Å². The van der Waals surface area contributed by atoms with E-state index in [4.69, 9.17) is 5.11 Å². The Morgan fingerprint density at radius 3 is 1.73 bits per heavy atom. The van der Waals surface area contributed by atoms with Gasteiger partial charge >= 0.3 is 5.97 Å². The van der Waals surface area contributed by atoms with Gasteiger partial charge in [-0.15, -0.1) is 0 Å². The first-order valence-electron chi connectivity index (χ1n) is 7.87. The quantitative estimate of drug-likeness (QED) is 0.682. The molecule has 0 heterocycles. The van der Waals surface area contributed by atoms with E-state index in [2.05, 4.69) is 5.32 Å². The lowest BCUT2D eigenvalue weighted by atomic mass is 10.0. The Morgan fingerprint density at radius 1 is 0.731 bits per heavy atom. The number of aromatic carboxylic acids is 1. The number of rotatable bonds is 5. The van der Waals surface area contributed by atoms with Gasteiger partial charge in [-0.3, -0.25) is 9.59 Å². The first-order chi connectivity index (χ1) is 12.6. The van der Waals surface area contributed by atoms with Crippen LogP contribution in [0.5, 0.6) is 0 Å². The molecule has 0 spiro atoms. The topological polar surface area (TPSA) is 83.5 Å². The maximum Gasteiger partial charge on any atom is 0.335 e. The number of amides is 1. The Hall–Kier alpha value is -3.73. The average Bonchev–Trinajstić information content (AvgIpc) is 2.68. The normalized spacial score (nSPS) is 10.2. The van der Waals surface area contributed by atoms with Gasteiger partial charge in [0.25, 0.3) is 5.91 Å². The summed E-state index contributed by atoms with van der Waals surface area (Å²) in [4.78, 5) is 33.8. The second-order valence-corrected chi connectivity index (χ2v) is 5.65. The van der Waals surface area contributed by atoms with Gasteiger partial charge in [-0.05, 0) is 47.5 Å². The van der Waals surface area contributed by atoms with Gasteiger partial charge in [0, 0.05) is 16.8 Å². The lowest BCUT2D eigenvalue weighted by molar-refractivity contribution is 0.0696. The Morgan fingerprint density at radius 2 is 1.23 bits per heavy atom. The summed E-state index contributed by atoms with van der Waals surface area (Å²) >= 11 is 0. The predicted octanol–water partition coefficient (Wildman–Crippen LogP) is 4.12. The summed E-state index contributed by atoms with van der Waals surface area (Å²) in [6.45, 7) is 0. The van der Waals surface area contributed by atoms with E-state index in [1.807, 2.05) is 24.3 Å². The Labute approximate surface area is 149 Å². The smallest absolute Gasteiger partial charge is 0.335 e. The van der Waals surface area contributed by atoms with Crippen LogP contribution in [0.3, 0.4) is 0 Å². The van der Waals surface area contributed by atoms with Gasteiger partial charge in [-0.25, -0.2) is 4.79 Å². The fourth-order valence-electron chi connectivity index (χ4n) is 2.47. The fourth-order valence-corrected chi connectivity index (χ4v) is 2.47. The third kappa shape index (κ3) is 3.84. The van der Waals surface area contributed by atoms with Gasteiger partial charge in [-0.1, -0.05) is 36.4 Å². The minimum atomic E-state index is -1.01. The van der Waals surface area contributed by atoms with Crippen molar-refractivity contribution in [1.29, 1.82) is 0 Å². The number of hydrogen-bond donors (Lipinski definition) is 2. The predicted molar refractivity (Wildman–Crippen MR) is 98.6 cm³/mol. The fraction of sp³-hybridized carbons (Fsp3) is 0. The van der Waals surface area contributed by atoms with Crippen LogP contribution in [0, 0.1) is 0 Å². The molecule has 0 aliphatic heterocycles. The van der Waals surface area contributed by atoms with Gasteiger partial charge in [0.15, 0.2) is 0 Å². The summed E-state index contributed by atoms with van der Waals surface area (Å²) in [5.74, 6) is -1.30. The summed E-state index contributed by atoms with van der Waals surface area (Å²) in [6, 6.07) is 20.2. The van der Waals surface area contributed by atoms with Crippen LogP contribution in [-0.4, -0.2) is 23.3 Å². The molecule has 0 saturated carbocycles. The molecule has 0 unspecified atom stereocenters. The van der Waals surface area contributed by atoms with Crippen molar-refractivity contribution in [2.24, 2.45) is 0 Å². The van der Waals surface area contributed by atoms with Crippen molar-refractivity contribution in [1.82, 2.24) is 0 Å². The number of aldehydes is 1. The summed E-state index contributed by atoms with van der Waals surface area (Å²) in [6.07, 6.45) is 0.792. The molecular weight excluding hydrogens is 330 g/mol. The molecule has 5 heteroatoms. The van der Waals surface area contributed by atoms with Crippen LogP contribution >= 0.6 is 0 Å². The second kappa shape index (κ2) is 7.44. The van der Waals surface area contributed by atoms with Gasteiger partial charge in [-0.2, -0.15) is 0 Å². The zero-order valence-electron chi connectivity index (χ0n) is 13.7. The third-order valence-electron chi connectivity index (χ3n) is 3.92. The molecule has 3 rings (SSSR count). The summed E-state index contributed by atoms with van der Waals surface area (Å²) in [5, 5.41) is 11.6. The molecule has 0 aromatic heterocycles. The van der Waals surface area contributed by atoms with E-state index in [0.29, 0.717) is 16.8 Å². The number of carbonyl (C=O) groups excluding carboxylic acids is 2. The molecule has 1 amide bonds. The highest BCUT2D eigenvalue weighted by Gasteiger charge is 2.08. The van der Waals surface area contributed by atoms with Gasteiger partial charge in [0.05, 0.1) is 5.56 Å². The van der Waals surface area contributed by atoms with Crippen LogP contribution in [-0.2, 0) is 0 Å². The van der Waals surface area contributed by atoms with E-state index in [1.165, 1.54) is 12.1 Å². The molecule has 26 heavy (non-hydrogen) atoms. The molecule has 3 aromatic rings. The van der Waals surface area contributed by atoms with Crippen molar-refractivity contribution in [2.75, 3.05) is 5.32 Å². The van der Waals surface area contributed by atoms with Crippen LogP contribution in [0.1, 0.15) is 31.1 Å². The SMILES string of the molecule is O=Cc1ccc(-c2ccc(C(=O)Nc3ccc(C(=O)O)cc3)cc2)cc1. The molecule has 0 saturated heterocycles. The molecule has 2 N–H and O–H groups in total.